The van der Waals surface area contributed by atoms with Crippen LogP contribution in [-0.2, 0) is 6.42 Å². The summed E-state index contributed by atoms with van der Waals surface area (Å²) < 4.78 is 2.97. The highest BCUT2D eigenvalue weighted by Gasteiger charge is 2.41. The molecule has 0 bridgehead atoms. The van der Waals surface area contributed by atoms with Crippen molar-refractivity contribution in [3.8, 4) is 0 Å². The molecule has 1 aliphatic carbocycles. The van der Waals surface area contributed by atoms with Gasteiger partial charge in [0, 0.05) is 13.0 Å². The predicted molar refractivity (Wildman–Crippen MR) is 73.1 cm³/mol. The molecule has 2 aliphatic rings. The molecule has 92 valence electrons. The van der Waals surface area contributed by atoms with Crippen molar-refractivity contribution in [1.82, 2.24) is 9.78 Å². The van der Waals surface area contributed by atoms with Gasteiger partial charge in [-0.3, -0.25) is 9.67 Å². The van der Waals surface area contributed by atoms with Gasteiger partial charge in [0.25, 0.3) is 0 Å². The number of amidine groups is 1. The van der Waals surface area contributed by atoms with E-state index in [4.69, 9.17) is 5.73 Å². The smallest absolute Gasteiger partial charge is 0.134 e. The molecule has 1 fully saturated rings. The maximum absolute atomic E-state index is 9.82. The summed E-state index contributed by atoms with van der Waals surface area (Å²) in [5.41, 5.74) is 7.58. The molecular weight excluding hydrogens is 331 g/mol. The average molecular weight is 346 g/mol. The molecular formula is C11H15IN4O. The van der Waals surface area contributed by atoms with Crippen LogP contribution in [-0.4, -0.2) is 32.9 Å². The Morgan fingerprint density at radius 3 is 2.88 bits per heavy atom. The van der Waals surface area contributed by atoms with Crippen LogP contribution in [0.4, 0.5) is 0 Å². The third-order valence-electron chi connectivity index (χ3n) is 3.55. The summed E-state index contributed by atoms with van der Waals surface area (Å²) in [5, 5.41) is 14.4. The average Bonchev–Trinajstić information content (AvgIpc) is 2.54. The fraction of sp³-hybridized carbons (Fsp3) is 0.636. The number of halogens is 1. The molecule has 0 atom stereocenters. The summed E-state index contributed by atoms with van der Waals surface area (Å²) >= 11 is 2.21. The molecule has 6 heteroatoms. The first-order valence-corrected chi connectivity index (χ1v) is 6.85. The third kappa shape index (κ3) is 1.77. The maximum Gasteiger partial charge on any atom is 0.134 e. The minimum Gasteiger partial charge on any atom is -0.390 e. The van der Waals surface area contributed by atoms with Gasteiger partial charge in [-0.05, 0) is 42.4 Å². The molecule has 0 amide bonds. The zero-order chi connectivity index (χ0) is 12.2. The molecule has 1 saturated carbocycles. The van der Waals surface area contributed by atoms with Gasteiger partial charge in [0.1, 0.15) is 9.54 Å². The van der Waals surface area contributed by atoms with E-state index in [0.717, 1.165) is 35.1 Å². The van der Waals surface area contributed by atoms with Gasteiger partial charge < -0.3 is 10.8 Å². The lowest BCUT2D eigenvalue weighted by atomic mass is 9.77. The van der Waals surface area contributed by atoms with Crippen LogP contribution in [0.5, 0.6) is 0 Å². The van der Waals surface area contributed by atoms with Gasteiger partial charge in [-0.25, -0.2) is 0 Å². The molecule has 3 rings (SSSR count). The summed E-state index contributed by atoms with van der Waals surface area (Å²) in [5.74, 6) is 0.605. The van der Waals surface area contributed by atoms with Crippen LogP contribution in [0.3, 0.4) is 0 Å². The summed E-state index contributed by atoms with van der Waals surface area (Å²) in [6.45, 7) is 2.62. The zero-order valence-electron chi connectivity index (χ0n) is 9.65. The standard InChI is InChI=1S/C11H15IN4O/c1-11(17)4-6(5-11)16-7-2-3-14-10(13)8(7)9(12)15-16/h6,17H,2-5H2,1H3,(H2,13,14). The number of aliphatic imine (C=N–C) groups is 1. The van der Waals surface area contributed by atoms with Gasteiger partial charge in [-0.1, -0.05) is 0 Å². The van der Waals surface area contributed by atoms with E-state index in [9.17, 15) is 5.11 Å². The molecule has 1 aromatic rings. The van der Waals surface area contributed by atoms with E-state index in [2.05, 4.69) is 37.4 Å². The number of aromatic nitrogens is 2. The first-order chi connectivity index (χ1) is 7.98. The van der Waals surface area contributed by atoms with E-state index in [1.54, 1.807) is 0 Å². The predicted octanol–water partition coefficient (Wildman–Crippen LogP) is 0.835. The molecule has 0 spiro atoms. The van der Waals surface area contributed by atoms with Crippen molar-refractivity contribution in [3.05, 3.63) is 15.0 Å². The van der Waals surface area contributed by atoms with Crippen LogP contribution in [0, 0.1) is 3.70 Å². The van der Waals surface area contributed by atoms with E-state index in [0.29, 0.717) is 11.9 Å². The fourth-order valence-electron chi connectivity index (χ4n) is 2.72. The lowest BCUT2D eigenvalue weighted by molar-refractivity contribution is -0.0551. The third-order valence-corrected chi connectivity index (χ3v) is 4.31. The topological polar surface area (TPSA) is 76.4 Å². The molecule has 0 saturated heterocycles. The monoisotopic (exact) mass is 346 g/mol. The molecule has 2 heterocycles. The molecule has 0 radical (unpaired) electrons. The van der Waals surface area contributed by atoms with Crippen molar-refractivity contribution < 1.29 is 5.11 Å². The Hall–Kier alpha value is -0.630. The summed E-state index contributed by atoms with van der Waals surface area (Å²) in [7, 11) is 0. The molecule has 0 aromatic carbocycles. The number of rotatable bonds is 1. The second-order valence-corrected chi connectivity index (χ2v) is 6.15. The Labute approximate surface area is 113 Å². The van der Waals surface area contributed by atoms with Gasteiger partial charge in [0.2, 0.25) is 0 Å². The number of hydrogen-bond acceptors (Lipinski definition) is 4. The van der Waals surface area contributed by atoms with E-state index < -0.39 is 5.60 Å². The van der Waals surface area contributed by atoms with Crippen molar-refractivity contribution in [2.24, 2.45) is 10.7 Å². The number of hydrogen-bond donors (Lipinski definition) is 2. The van der Waals surface area contributed by atoms with Crippen molar-refractivity contribution in [1.29, 1.82) is 0 Å². The number of aliphatic hydroxyl groups is 1. The number of nitrogens with two attached hydrogens (primary N) is 1. The molecule has 5 nitrogen and oxygen atoms in total. The van der Waals surface area contributed by atoms with Crippen LogP contribution in [0.2, 0.25) is 0 Å². The van der Waals surface area contributed by atoms with Crippen LogP contribution in [0.15, 0.2) is 4.99 Å². The van der Waals surface area contributed by atoms with Gasteiger partial charge >= 0.3 is 0 Å². The first-order valence-electron chi connectivity index (χ1n) is 5.77. The van der Waals surface area contributed by atoms with Gasteiger partial charge in [-0.15, -0.1) is 0 Å². The van der Waals surface area contributed by atoms with Crippen LogP contribution in [0.1, 0.15) is 37.1 Å². The van der Waals surface area contributed by atoms with Crippen molar-refractivity contribution in [2.75, 3.05) is 6.54 Å². The van der Waals surface area contributed by atoms with Gasteiger partial charge in [-0.2, -0.15) is 5.10 Å². The summed E-state index contributed by atoms with van der Waals surface area (Å²) in [4.78, 5) is 4.26. The highest BCUT2D eigenvalue weighted by atomic mass is 127. The first kappa shape index (κ1) is 11.5. The normalized spacial score (nSPS) is 31.7. The Morgan fingerprint density at radius 2 is 2.24 bits per heavy atom. The quantitative estimate of drug-likeness (QED) is 0.740. The molecule has 0 unspecified atom stereocenters. The maximum atomic E-state index is 9.82. The number of fused-ring (bicyclic) bond motifs is 1. The molecule has 1 aliphatic heterocycles. The Morgan fingerprint density at radius 1 is 1.53 bits per heavy atom. The number of nitrogens with zero attached hydrogens (tertiary/aromatic N) is 3. The van der Waals surface area contributed by atoms with Gasteiger partial charge in [0.15, 0.2) is 0 Å². The largest absolute Gasteiger partial charge is 0.390 e. The summed E-state index contributed by atoms with van der Waals surface area (Å²) in [6.07, 6.45) is 2.44. The lowest BCUT2D eigenvalue weighted by Crippen LogP contribution is -2.43. The van der Waals surface area contributed by atoms with E-state index in [1.807, 2.05) is 6.92 Å². The van der Waals surface area contributed by atoms with Crippen molar-refractivity contribution in [2.45, 2.75) is 37.8 Å². The van der Waals surface area contributed by atoms with Crippen LogP contribution >= 0.6 is 22.6 Å². The Balaban J connectivity index is 1.98. The molecule has 1 aromatic heterocycles. The van der Waals surface area contributed by atoms with E-state index in [-0.39, 0.29) is 0 Å². The Bertz CT molecular complexity index is 498. The van der Waals surface area contributed by atoms with Crippen LogP contribution in [0.25, 0.3) is 0 Å². The highest BCUT2D eigenvalue weighted by Crippen LogP contribution is 2.42. The van der Waals surface area contributed by atoms with Crippen molar-refractivity contribution >= 4 is 28.4 Å². The SMILES string of the molecule is CC1(O)CC(n2nc(I)c3c2CCN=C3N)C1. The Kier molecular flexibility index (Phi) is 2.48. The van der Waals surface area contributed by atoms with Gasteiger partial charge in [0.05, 0.1) is 22.9 Å². The lowest BCUT2D eigenvalue weighted by Gasteiger charge is -2.41. The second-order valence-electron chi connectivity index (χ2n) is 5.13. The molecule has 3 N–H and O–H groups in total. The minimum absolute atomic E-state index is 0.313. The van der Waals surface area contributed by atoms with Crippen molar-refractivity contribution in [3.63, 3.8) is 0 Å². The second kappa shape index (κ2) is 3.68. The molecule has 17 heavy (non-hydrogen) atoms. The van der Waals surface area contributed by atoms with E-state index >= 15 is 0 Å². The summed E-state index contributed by atoms with van der Waals surface area (Å²) in [6, 6.07) is 0.313. The van der Waals surface area contributed by atoms with E-state index in [1.165, 1.54) is 5.69 Å². The minimum atomic E-state index is -0.525. The zero-order valence-corrected chi connectivity index (χ0v) is 11.8. The highest BCUT2D eigenvalue weighted by molar-refractivity contribution is 14.1. The van der Waals surface area contributed by atoms with Crippen LogP contribution < -0.4 is 5.73 Å². The fourth-order valence-corrected chi connectivity index (χ4v) is 3.54.